The van der Waals surface area contributed by atoms with E-state index in [2.05, 4.69) is 0 Å². The van der Waals surface area contributed by atoms with Crippen LogP contribution in [-0.4, -0.2) is 24.0 Å². The Morgan fingerprint density at radius 1 is 1.32 bits per heavy atom. The van der Waals surface area contributed by atoms with Gasteiger partial charge in [-0.1, -0.05) is 30.3 Å². The van der Waals surface area contributed by atoms with Gasteiger partial charge in [0.25, 0.3) is 0 Å². The highest BCUT2D eigenvalue weighted by atomic mass is 16.6. The van der Waals surface area contributed by atoms with Gasteiger partial charge in [0.2, 0.25) is 6.04 Å². The molecule has 0 aliphatic heterocycles. The van der Waals surface area contributed by atoms with E-state index in [1.807, 2.05) is 18.2 Å². The van der Waals surface area contributed by atoms with Gasteiger partial charge in [-0.3, -0.25) is 14.9 Å². The maximum Gasteiger partial charge on any atom is 0.312 e. The third kappa shape index (κ3) is 3.10. The van der Waals surface area contributed by atoms with E-state index in [0.29, 0.717) is 0 Å². The summed E-state index contributed by atoms with van der Waals surface area (Å²) >= 11 is 0. The topological polar surface area (TPSA) is 69.4 Å². The number of benzene rings is 1. The molecule has 104 valence electrons. The molecule has 0 heterocycles. The number of hydrogen-bond acceptors (Lipinski definition) is 4. The van der Waals surface area contributed by atoms with Crippen molar-refractivity contribution in [2.24, 2.45) is 5.41 Å². The zero-order valence-corrected chi connectivity index (χ0v) is 11.6. The molecule has 1 aromatic rings. The number of carbonyl (C=O) groups excluding carboxylic acids is 1. The van der Waals surface area contributed by atoms with Crippen molar-refractivity contribution in [3.05, 3.63) is 46.0 Å². The molecule has 0 fully saturated rings. The lowest BCUT2D eigenvalue weighted by molar-refractivity contribution is -0.525. The molecule has 1 rings (SSSR count). The number of nitro groups is 1. The molecule has 0 amide bonds. The Hall–Kier alpha value is -1.91. The van der Waals surface area contributed by atoms with Crippen LogP contribution in [0.15, 0.2) is 30.3 Å². The molecule has 5 nitrogen and oxygen atoms in total. The number of esters is 1. The van der Waals surface area contributed by atoms with Crippen molar-refractivity contribution in [3.8, 4) is 0 Å². The summed E-state index contributed by atoms with van der Waals surface area (Å²) in [7, 11) is 1.29. The molecule has 0 spiro atoms. The van der Waals surface area contributed by atoms with E-state index in [1.54, 1.807) is 26.0 Å². The average Bonchev–Trinajstić information content (AvgIpc) is 2.38. The van der Waals surface area contributed by atoms with Crippen molar-refractivity contribution < 1.29 is 14.5 Å². The van der Waals surface area contributed by atoms with Gasteiger partial charge in [-0.15, -0.1) is 0 Å². The predicted octanol–water partition coefficient (Wildman–Crippen LogP) is 2.63. The summed E-state index contributed by atoms with van der Waals surface area (Å²) in [5, 5.41) is 11.1. The zero-order chi connectivity index (χ0) is 14.6. The smallest absolute Gasteiger partial charge is 0.312 e. The van der Waals surface area contributed by atoms with E-state index in [1.165, 1.54) is 14.0 Å². The van der Waals surface area contributed by atoms with E-state index < -0.39 is 23.3 Å². The van der Waals surface area contributed by atoms with E-state index in [4.69, 9.17) is 4.74 Å². The molecule has 0 saturated heterocycles. The molecule has 0 bridgehead atoms. The molecule has 0 radical (unpaired) electrons. The molecule has 0 aliphatic carbocycles. The van der Waals surface area contributed by atoms with E-state index in [0.717, 1.165) is 5.56 Å². The van der Waals surface area contributed by atoms with Gasteiger partial charge < -0.3 is 4.74 Å². The van der Waals surface area contributed by atoms with Crippen molar-refractivity contribution in [2.45, 2.75) is 32.7 Å². The Labute approximate surface area is 112 Å². The minimum Gasteiger partial charge on any atom is -0.469 e. The molecule has 0 aromatic heterocycles. The highest BCUT2D eigenvalue weighted by molar-refractivity contribution is 5.77. The minimum atomic E-state index is -0.970. The predicted molar refractivity (Wildman–Crippen MR) is 71.4 cm³/mol. The van der Waals surface area contributed by atoms with E-state index in [9.17, 15) is 14.9 Å². The summed E-state index contributed by atoms with van der Waals surface area (Å²) in [6.45, 7) is 4.87. The Kier molecular flexibility index (Phi) is 4.64. The number of rotatable bonds is 5. The Morgan fingerprint density at radius 3 is 2.26 bits per heavy atom. The van der Waals surface area contributed by atoms with Crippen molar-refractivity contribution in [3.63, 3.8) is 0 Å². The van der Waals surface area contributed by atoms with Crippen LogP contribution in [0.25, 0.3) is 0 Å². The molecule has 0 aliphatic rings. The van der Waals surface area contributed by atoms with Crippen LogP contribution in [0.4, 0.5) is 0 Å². The van der Waals surface area contributed by atoms with Crippen LogP contribution < -0.4 is 0 Å². The second-order valence-electron chi connectivity index (χ2n) is 5.13. The zero-order valence-electron chi connectivity index (χ0n) is 11.6. The standard InChI is InChI=1S/C14H19NO4/c1-10(15(17)18)12(11-8-6-5-7-9-11)14(2,3)13(16)19-4/h5-10,12H,1-4H3. The Bertz CT molecular complexity index is 456. The summed E-state index contributed by atoms with van der Waals surface area (Å²) < 4.78 is 4.79. The van der Waals surface area contributed by atoms with Crippen LogP contribution in [0.5, 0.6) is 0 Å². The maximum absolute atomic E-state index is 11.9. The van der Waals surface area contributed by atoms with E-state index in [-0.39, 0.29) is 4.92 Å². The lowest BCUT2D eigenvalue weighted by atomic mass is 9.71. The fraction of sp³-hybridized carbons (Fsp3) is 0.500. The van der Waals surface area contributed by atoms with Crippen molar-refractivity contribution >= 4 is 5.97 Å². The van der Waals surface area contributed by atoms with Gasteiger partial charge in [0.05, 0.1) is 18.4 Å². The van der Waals surface area contributed by atoms with Crippen molar-refractivity contribution in [1.82, 2.24) is 0 Å². The van der Waals surface area contributed by atoms with Crippen LogP contribution in [0, 0.1) is 15.5 Å². The second kappa shape index (κ2) is 5.82. The first-order chi connectivity index (χ1) is 8.82. The first-order valence-corrected chi connectivity index (χ1v) is 6.09. The van der Waals surface area contributed by atoms with Crippen molar-refractivity contribution in [2.75, 3.05) is 7.11 Å². The molecular formula is C14H19NO4. The lowest BCUT2D eigenvalue weighted by Crippen LogP contribution is -2.40. The van der Waals surface area contributed by atoms with Gasteiger partial charge in [-0.25, -0.2) is 0 Å². The van der Waals surface area contributed by atoms with Crippen LogP contribution >= 0.6 is 0 Å². The molecule has 2 atom stereocenters. The monoisotopic (exact) mass is 265 g/mol. The highest BCUT2D eigenvalue weighted by Crippen LogP contribution is 2.40. The summed E-state index contributed by atoms with van der Waals surface area (Å²) in [6, 6.07) is 8.18. The fourth-order valence-corrected chi connectivity index (χ4v) is 2.47. The number of nitrogens with zero attached hydrogens (tertiary/aromatic N) is 1. The molecule has 1 aromatic carbocycles. The minimum absolute atomic E-state index is 0.359. The lowest BCUT2D eigenvalue weighted by Gasteiger charge is -2.32. The molecule has 19 heavy (non-hydrogen) atoms. The molecule has 0 saturated carbocycles. The number of methoxy groups -OCH3 is 1. The normalized spacial score (nSPS) is 14.5. The number of ether oxygens (including phenoxy) is 1. The molecule has 5 heteroatoms. The van der Waals surface area contributed by atoms with Gasteiger partial charge in [-0.05, 0) is 19.4 Å². The first-order valence-electron chi connectivity index (χ1n) is 6.09. The summed E-state index contributed by atoms with van der Waals surface area (Å²) in [4.78, 5) is 22.7. The third-order valence-electron chi connectivity index (χ3n) is 3.46. The largest absolute Gasteiger partial charge is 0.469 e. The van der Waals surface area contributed by atoms with E-state index >= 15 is 0 Å². The Morgan fingerprint density at radius 2 is 1.84 bits per heavy atom. The Balaban J connectivity index is 3.28. The summed E-state index contributed by atoms with van der Waals surface area (Å²) in [5.41, 5.74) is -0.204. The molecular weight excluding hydrogens is 246 g/mol. The molecule has 0 N–H and O–H groups in total. The van der Waals surface area contributed by atoms with Crippen molar-refractivity contribution in [1.29, 1.82) is 0 Å². The van der Waals surface area contributed by atoms with Crippen LogP contribution in [-0.2, 0) is 9.53 Å². The van der Waals surface area contributed by atoms with Gasteiger partial charge in [0.15, 0.2) is 0 Å². The summed E-state index contributed by atoms with van der Waals surface area (Å²) in [6.07, 6.45) is 0. The van der Waals surface area contributed by atoms with Crippen LogP contribution in [0.2, 0.25) is 0 Å². The van der Waals surface area contributed by atoms with Gasteiger partial charge >= 0.3 is 5.97 Å². The van der Waals surface area contributed by atoms with Crippen LogP contribution in [0.1, 0.15) is 32.3 Å². The summed E-state index contributed by atoms with van der Waals surface area (Å²) in [5.74, 6) is -0.994. The highest BCUT2D eigenvalue weighted by Gasteiger charge is 2.46. The van der Waals surface area contributed by atoms with Gasteiger partial charge in [0.1, 0.15) is 0 Å². The number of carbonyl (C=O) groups is 1. The van der Waals surface area contributed by atoms with Gasteiger partial charge in [0, 0.05) is 11.8 Å². The van der Waals surface area contributed by atoms with Gasteiger partial charge in [-0.2, -0.15) is 0 Å². The fourth-order valence-electron chi connectivity index (χ4n) is 2.47. The first kappa shape index (κ1) is 15.1. The maximum atomic E-state index is 11.9. The van der Waals surface area contributed by atoms with Crippen LogP contribution in [0.3, 0.4) is 0 Å². The second-order valence-corrected chi connectivity index (χ2v) is 5.13. The molecule has 2 unspecified atom stereocenters. The SMILES string of the molecule is COC(=O)C(C)(C)C(c1ccccc1)C(C)[N+](=O)[O-]. The quantitative estimate of drug-likeness (QED) is 0.466. The number of hydrogen-bond donors (Lipinski definition) is 0. The third-order valence-corrected chi connectivity index (χ3v) is 3.46. The average molecular weight is 265 g/mol.